The fourth-order valence-corrected chi connectivity index (χ4v) is 3.38. The number of ether oxygens (including phenoxy) is 1. The van der Waals surface area contributed by atoms with Crippen molar-refractivity contribution in [1.82, 2.24) is 15.2 Å². The van der Waals surface area contributed by atoms with E-state index in [4.69, 9.17) is 4.74 Å². The summed E-state index contributed by atoms with van der Waals surface area (Å²) in [6.07, 6.45) is 6.42. The van der Waals surface area contributed by atoms with Crippen molar-refractivity contribution in [2.75, 3.05) is 31.6 Å². The Bertz CT molecular complexity index is 789. The van der Waals surface area contributed by atoms with Gasteiger partial charge in [0, 0.05) is 31.0 Å². The Morgan fingerprint density at radius 2 is 1.90 bits per heavy atom. The molecule has 154 valence electrons. The predicted octanol–water partition coefficient (Wildman–Crippen LogP) is 2.76. The predicted molar refractivity (Wildman–Crippen MR) is 112 cm³/mol. The molecule has 0 saturated carbocycles. The number of hydrogen-bond donors (Lipinski definition) is 2. The van der Waals surface area contributed by atoms with Gasteiger partial charge in [-0.2, -0.15) is 0 Å². The third kappa shape index (κ3) is 6.29. The zero-order valence-corrected chi connectivity index (χ0v) is 16.8. The number of carbonyl (C=O) groups is 2. The van der Waals surface area contributed by atoms with Gasteiger partial charge in [0.2, 0.25) is 5.91 Å². The van der Waals surface area contributed by atoms with Crippen LogP contribution in [0.5, 0.6) is 5.75 Å². The van der Waals surface area contributed by atoms with E-state index in [0.29, 0.717) is 24.4 Å². The largest absolute Gasteiger partial charge is 0.484 e. The van der Waals surface area contributed by atoms with Crippen LogP contribution in [0.25, 0.3) is 0 Å². The molecule has 0 aliphatic carbocycles. The van der Waals surface area contributed by atoms with Crippen LogP contribution in [0.1, 0.15) is 37.8 Å². The minimum Gasteiger partial charge on any atom is -0.484 e. The quantitative estimate of drug-likeness (QED) is 0.681. The van der Waals surface area contributed by atoms with Gasteiger partial charge >= 0.3 is 0 Å². The third-order valence-corrected chi connectivity index (χ3v) is 4.97. The molecule has 29 heavy (non-hydrogen) atoms. The highest BCUT2D eigenvalue weighted by molar-refractivity contribution is 5.90. The van der Waals surface area contributed by atoms with Gasteiger partial charge in [-0.15, -0.1) is 0 Å². The van der Waals surface area contributed by atoms with Crippen molar-refractivity contribution in [3.63, 3.8) is 0 Å². The summed E-state index contributed by atoms with van der Waals surface area (Å²) in [7, 11) is 0. The van der Waals surface area contributed by atoms with Crippen molar-refractivity contribution < 1.29 is 14.3 Å². The Kier molecular flexibility index (Phi) is 7.58. The fourth-order valence-electron chi connectivity index (χ4n) is 3.38. The minimum atomic E-state index is -0.165. The molecule has 2 N–H and O–H groups in total. The number of amides is 2. The Labute approximate surface area is 171 Å². The van der Waals surface area contributed by atoms with E-state index in [2.05, 4.69) is 26.6 Å². The lowest BCUT2D eigenvalue weighted by Gasteiger charge is -2.27. The van der Waals surface area contributed by atoms with E-state index in [1.807, 2.05) is 12.3 Å². The van der Waals surface area contributed by atoms with Crippen LogP contribution in [0, 0.1) is 0 Å². The first-order chi connectivity index (χ1) is 14.2. The normalized spacial score (nSPS) is 14.9. The van der Waals surface area contributed by atoms with Gasteiger partial charge in [-0.05, 0) is 61.8 Å². The molecule has 2 aromatic rings. The third-order valence-electron chi connectivity index (χ3n) is 4.97. The molecule has 1 aromatic heterocycles. The van der Waals surface area contributed by atoms with Gasteiger partial charge in [0.15, 0.2) is 6.61 Å². The second-order valence-corrected chi connectivity index (χ2v) is 7.06. The van der Waals surface area contributed by atoms with Gasteiger partial charge in [-0.25, -0.2) is 0 Å². The molecule has 0 bridgehead atoms. The second kappa shape index (κ2) is 10.6. The van der Waals surface area contributed by atoms with Gasteiger partial charge in [-0.3, -0.25) is 19.5 Å². The lowest BCUT2D eigenvalue weighted by molar-refractivity contribution is -0.123. The molecular formula is C22H28N4O3. The maximum absolute atomic E-state index is 12.3. The van der Waals surface area contributed by atoms with Gasteiger partial charge in [-0.1, -0.05) is 13.0 Å². The molecule has 0 spiro atoms. The number of hydrogen-bond acceptors (Lipinski definition) is 5. The molecule has 0 radical (unpaired) electrons. The summed E-state index contributed by atoms with van der Waals surface area (Å²) in [4.78, 5) is 30.3. The summed E-state index contributed by atoms with van der Waals surface area (Å²) in [6.45, 7) is 4.34. The molecule has 1 aromatic carbocycles. The van der Waals surface area contributed by atoms with Gasteiger partial charge in [0.1, 0.15) is 5.75 Å². The van der Waals surface area contributed by atoms with Crippen LogP contribution >= 0.6 is 0 Å². The van der Waals surface area contributed by atoms with Gasteiger partial charge in [0.05, 0.1) is 6.04 Å². The molecule has 3 rings (SSSR count). The number of pyridine rings is 1. The van der Waals surface area contributed by atoms with Crippen molar-refractivity contribution >= 4 is 17.5 Å². The standard InChI is InChI=1S/C22H28N4O3/c1-2-21(27)25-18-7-9-19(10-8-18)29-16-22(28)24-15-20(26-12-3-4-13-26)17-6-5-11-23-14-17/h5-11,14,20H,2-4,12-13,15-16H2,1H3,(H,24,28)(H,25,27)/t20-/m1/s1. The fraction of sp³-hybridized carbons (Fsp3) is 0.409. The zero-order valence-electron chi connectivity index (χ0n) is 16.8. The molecule has 1 aliphatic heterocycles. The molecule has 7 nitrogen and oxygen atoms in total. The molecule has 1 atom stereocenters. The number of anilines is 1. The first-order valence-corrected chi connectivity index (χ1v) is 10.1. The number of aromatic nitrogens is 1. The number of nitrogens with zero attached hydrogens (tertiary/aromatic N) is 2. The van der Waals surface area contributed by atoms with Crippen LogP contribution in [-0.4, -0.2) is 47.9 Å². The Balaban J connectivity index is 1.48. The average molecular weight is 396 g/mol. The number of likely N-dealkylation sites (tertiary alicyclic amines) is 1. The lowest BCUT2D eigenvalue weighted by Crippen LogP contribution is -2.38. The summed E-state index contributed by atoms with van der Waals surface area (Å²) < 4.78 is 5.57. The van der Waals surface area contributed by atoms with E-state index in [-0.39, 0.29) is 24.5 Å². The minimum absolute atomic E-state index is 0.0424. The van der Waals surface area contributed by atoms with E-state index in [9.17, 15) is 9.59 Å². The van der Waals surface area contributed by atoms with E-state index in [0.717, 1.165) is 18.7 Å². The molecule has 2 heterocycles. The SMILES string of the molecule is CCC(=O)Nc1ccc(OCC(=O)NC[C@H](c2cccnc2)N2CCCC2)cc1. The Hall–Kier alpha value is -2.93. The summed E-state index contributed by atoms with van der Waals surface area (Å²) in [5, 5.41) is 5.76. The smallest absolute Gasteiger partial charge is 0.258 e. The monoisotopic (exact) mass is 396 g/mol. The van der Waals surface area contributed by atoms with Crippen molar-refractivity contribution in [2.24, 2.45) is 0 Å². The van der Waals surface area contributed by atoms with Crippen LogP contribution in [0.4, 0.5) is 5.69 Å². The van der Waals surface area contributed by atoms with Crippen molar-refractivity contribution in [3.8, 4) is 5.75 Å². The molecule has 1 saturated heterocycles. The van der Waals surface area contributed by atoms with E-state index in [1.54, 1.807) is 37.4 Å². The van der Waals surface area contributed by atoms with Gasteiger partial charge < -0.3 is 15.4 Å². The molecule has 0 unspecified atom stereocenters. The Morgan fingerprint density at radius 3 is 2.55 bits per heavy atom. The van der Waals surface area contributed by atoms with Crippen LogP contribution in [0.15, 0.2) is 48.8 Å². The molecule has 7 heteroatoms. The molecule has 2 amide bonds. The lowest BCUT2D eigenvalue weighted by atomic mass is 10.1. The number of benzene rings is 1. The number of carbonyl (C=O) groups excluding carboxylic acids is 2. The first-order valence-electron chi connectivity index (χ1n) is 10.1. The summed E-state index contributed by atoms with van der Waals surface area (Å²) >= 11 is 0. The van der Waals surface area contributed by atoms with E-state index < -0.39 is 0 Å². The highest BCUT2D eigenvalue weighted by Crippen LogP contribution is 2.24. The van der Waals surface area contributed by atoms with Gasteiger partial charge in [0.25, 0.3) is 5.91 Å². The van der Waals surface area contributed by atoms with Crippen LogP contribution in [0.3, 0.4) is 0 Å². The van der Waals surface area contributed by atoms with Crippen molar-refractivity contribution in [1.29, 1.82) is 0 Å². The molecule has 1 fully saturated rings. The number of rotatable bonds is 9. The molecule has 1 aliphatic rings. The highest BCUT2D eigenvalue weighted by atomic mass is 16.5. The molecular weight excluding hydrogens is 368 g/mol. The average Bonchev–Trinajstić information content (AvgIpc) is 3.28. The van der Waals surface area contributed by atoms with Crippen LogP contribution in [-0.2, 0) is 9.59 Å². The Morgan fingerprint density at radius 1 is 1.14 bits per heavy atom. The topological polar surface area (TPSA) is 83.6 Å². The first kappa shape index (κ1) is 20.8. The summed E-state index contributed by atoms with van der Waals surface area (Å²) in [5.41, 5.74) is 1.82. The van der Waals surface area contributed by atoms with Crippen molar-refractivity contribution in [2.45, 2.75) is 32.2 Å². The zero-order chi connectivity index (χ0) is 20.5. The van der Waals surface area contributed by atoms with Crippen LogP contribution in [0.2, 0.25) is 0 Å². The van der Waals surface area contributed by atoms with E-state index in [1.165, 1.54) is 12.8 Å². The summed E-state index contributed by atoms with van der Waals surface area (Å²) in [5.74, 6) is 0.374. The van der Waals surface area contributed by atoms with E-state index >= 15 is 0 Å². The summed E-state index contributed by atoms with van der Waals surface area (Å²) in [6, 6.07) is 11.1. The maximum Gasteiger partial charge on any atom is 0.258 e. The number of nitrogens with one attached hydrogen (secondary N) is 2. The van der Waals surface area contributed by atoms with Crippen LogP contribution < -0.4 is 15.4 Å². The van der Waals surface area contributed by atoms with Crippen molar-refractivity contribution in [3.05, 3.63) is 54.4 Å². The second-order valence-electron chi connectivity index (χ2n) is 7.06. The maximum atomic E-state index is 12.3. The highest BCUT2D eigenvalue weighted by Gasteiger charge is 2.24.